The second-order valence-electron chi connectivity index (χ2n) is 8.29. The summed E-state index contributed by atoms with van der Waals surface area (Å²) >= 11 is 0. The highest BCUT2D eigenvalue weighted by atomic mass is 31.1. The summed E-state index contributed by atoms with van der Waals surface area (Å²) in [5, 5.41) is 4.52. The minimum atomic E-state index is 0.177. The van der Waals surface area contributed by atoms with Gasteiger partial charge in [-0.3, -0.25) is 0 Å². The molecule has 0 unspecified atom stereocenters. The molecule has 0 nitrogen and oxygen atoms in total. The molecule has 2 heteroatoms. The first-order chi connectivity index (χ1) is 11.5. The first-order valence-electron chi connectivity index (χ1n) is 8.95. The molecule has 3 radical (unpaired) electrons. The zero-order chi connectivity index (χ0) is 18.9. The zero-order valence-electron chi connectivity index (χ0n) is 17.2. The Labute approximate surface area is 158 Å². The molecule has 0 aliphatic rings. The fraction of sp³-hybridized carbons (Fsp3) is 0.435. The van der Waals surface area contributed by atoms with Crippen LogP contribution in [0.3, 0.4) is 0 Å². The number of hydrogen-bond acceptors (Lipinski definition) is 0. The van der Waals surface area contributed by atoms with Crippen LogP contribution in [0, 0.1) is 52.4 Å². The van der Waals surface area contributed by atoms with Gasteiger partial charge in [0.2, 0.25) is 0 Å². The SMILES string of the molecule is Cc1cc(C)c([P][C]([P]c2c(C)cc(C)cc2C)C(C)(C)C)c(C)c1. The van der Waals surface area contributed by atoms with Crippen LogP contribution in [-0.4, -0.2) is 0 Å². The van der Waals surface area contributed by atoms with Crippen LogP contribution in [0.1, 0.15) is 54.2 Å². The van der Waals surface area contributed by atoms with Crippen LogP contribution in [0.2, 0.25) is 0 Å². The molecule has 0 saturated carbocycles. The van der Waals surface area contributed by atoms with Crippen molar-refractivity contribution in [1.82, 2.24) is 0 Å². The Morgan fingerprint density at radius 1 is 0.600 bits per heavy atom. The summed E-state index contributed by atoms with van der Waals surface area (Å²) in [6.45, 7) is 20.4. The van der Waals surface area contributed by atoms with Crippen molar-refractivity contribution in [3.8, 4) is 0 Å². The second kappa shape index (κ2) is 7.90. The van der Waals surface area contributed by atoms with Crippen LogP contribution in [0.4, 0.5) is 0 Å². The average Bonchev–Trinajstić information content (AvgIpc) is 2.42. The van der Waals surface area contributed by atoms with Crippen molar-refractivity contribution in [3.63, 3.8) is 0 Å². The van der Waals surface area contributed by atoms with Gasteiger partial charge in [0.25, 0.3) is 0 Å². The fourth-order valence-corrected chi connectivity index (χ4v) is 6.13. The largest absolute Gasteiger partial charge is 0.0589 e. The van der Waals surface area contributed by atoms with E-state index in [9.17, 15) is 0 Å². The highest BCUT2D eigenvalue weighted by Crippen LogP contribution is 2.53. The van der Waals surface area contributed by atoms with Crippen molar-refractivity contribution in [1.29, 1.82) is 0 Å². The lowest BCUT2D eigenvalue weighted by Gasteiger charge is -2.31. The lowest BCUT2D eigenvalue weighted by Crippen LogP contribution is -2.19. The smallest absolute Gasteiger partial charge is 0.0471 e. The van der Waals surface area contributed by atoms with E-state index in [0.717, 1.165) is 0 Å². The maximum atomic E-state index is 2.35. The van der Waals surface area contributed by atoms with E-state index in [1.54, 1.807) is 5.40 Å². The fourth-order valence-electron chi connectivity index (χ4n) is 3.27. The molecule has 0 heterocycles. The first kappa shape index (κ1) is 20.6. The summed E-state index contributed by atoms with van der Waals surface area (Å²) in [5.41, 5.74) is 8.53. The van der Waals surface area contributed by atoms with E-state index < -0.39 is 0 Å². The molecular weight excluding hydrogens is 338 g/mol. The van der Waals surface area contributed by atoms with Crippen molar-refractivity contribution in [2.45, 2.75) is 62.3 Å². The van der Waals surface area contributed by atoms with Gasteiger partial charge < -0.3 is 0 Å². The van der Waals surface area contributed by atoms with Crippen LogP contribution < -0.4 is 10.6 Å². The van der Waals surface area contributed by atoms with Gasteiger partial charge in [0.15, 0.2) is 0 Å². The Balaban J connectivity index is 2.40. The van der Waals surface area contributed by atoms with Crippen LogP contribution in [0.15, 0.2) is 24.3 Å². The minimum absolute atomic E-state index is 0.177. The lowest BCUT2D eigenvalue weighted by molar-refractivity contribution is 0.512. The van der Waals surface area contributed by atoms with Gasteiger partial charge >= 0.3 is 0 Å². The molecular formula is C23H31P2. The molecule has 2 aromatic rings. The van der Waals surface area contributed by atoms with E-state index in [0.29, 0.717) is 0 Å². The molecule has 0 amide bonds. The van der Waals surface area contributed by atoms with Crippen LogP contribution in [-0.2, 0) is 0 Å². The quantitative estimate of drug-likeness (QED) is 0.513. The first-order valence-corrected chi connectivity index (χ1v) is 10.7. The van der Waals surface area contributed by atoms with Crippen LogP contribution in [0.5, 0.6) is 0 Å². The Kier molecular flexibility index (Phi) is 6.51. The summed E-state index contributed by atoms with van der Waals surface area (Å²) in [6, 6.07) is 9.26. The monoisotopic (exact) mass is 369 g/mol. The van der Waals surface area contributed by atoms with E-state index in [2.05, 4.69) is 86.6 Å². The third-order valence-electron chi connectivity index (χ3n) is 4.38. The van der Waals surface area contributed by atoms with Crippen molar-refractivity contribution >= 4 is 27.8 Å². The molecule has 133 valence electrons. The lowest BCUT2D eigenvalue weighted by atomic mass is 10.00. The third-order valence-corrected chi connectivity index (χ3v) is 8.60. The van der Waals surface area contributed by atoms with Crippen LogP contribution in [0.25, 0.3) is 0 Å². The highest BCUT2D eigenvalue weighted by molar-refractivity contribution is 7.70. The Hall–Kier alpha value is -0.700. The molecule has 0 saturated heterocycles. The minimum Gasteiger partial charge on any atom is -0.0589 e. The zero-order valence-corrected chi connectivity index (χ0v) is 19.0. The summed E-state index contributed by atoms with van der Waals surface area (Å²) in [4.78, 5) is 0. The summed E-state index contributed by atoms with van der Waals surface area (Å²) < 4.78 is 0. The topological polar surface area (TPSA) is 0 Å². The number of aryl methyl sites for hydroxylation is 6. The maximum absolute atomic E-state index is 2.35. The highest BCUT2D eigenvalue weighted by Gasteiger charge is 2.29. The third kappa shape index (κ3) is 5.15. The summed E-state index contributed by atoms with van der Waals surface area (Å²) in [6.07, 6.45) is 0. The molecule has 2 aromatic carbocycles. The molecule has 0 bridgehead atoms. The average molecular weight is 369 g/mol. The molecule has 2 rings (SSSR count). The van der Waals surface area contributed by atoms with E-state index in [1.807, 2.05) is 0 Å². The van der Waals surface area contributed by atoms with Crippen LogP contribution >= 0.6 is 17.2 Å². The number of hydrogen-bond donors (Lipinski definition) is 0. The normalized spacial score (nSPS) is 13.0. The van der Waals surface area contributed by atoms with Gasteiger partial charge in [-0.05, 0) is 97.0 Å². The predicted octanol–water partition coefficient (Wildman–Crippen LogP) is 6.92. The van der Waals surface area contributed by atoms with Gasteiger partial charge in [-0.25, -0.2) is 0 Å². The van der Waals surface area contributed by atoms with Gasteiger partial charge in [-0.1, -0.05) is 56.2 Å². The van der Waals surface area contributed by atoms with Gasteiger partial charge in [-0.2, -0.15) is 0 Å². The van der Waals surface area contributed by atoms with Gasteiger partial charge in [0.05, 0.1) is 0 Å². The van der Waals surface area contributed by atoms with E-state index in [4.69, 9.17) is 0 Å². The van der Waals surface area contributed by atoms with Crippen molar-refractivity contribution in [2.75, 3.05) is 0 Å². The van der Waals surface area contributed by atoms with Crippen molar-refractivity contribution in [2.24, 2.45) is 5.41 Å². The summed E-state index contributed by atoms with van der Waals surface area (Å²) in [5.74, 6) is 0. The Bertz CT molecular complexity index is 661. The van der Waals surface area contributed by atoms with Crippen molar-refractivity contribution < 1.29 is 0 Å². The Morgan fingerprint density at radius 2 is 0.880 bits per heavy atom. The molecule has 25 heavy (non-hydrogen) atoms. The maximum Gasteiger partial charge on any atom is 0.0471 e. The molecule has 0 aliphatic heterocycles. The standard InChI is InChI=1S/C23H31P2/c1-14-10-16(3)20(17(4)11-14)24-22(23(7,8)9)25-21-18(5)12-15(2)13-19(21)6/h10-13H,1-9H3. The molecule has 0 fully saturated rings. The Morgan fingerprint density at radius 3 is 1.12 bits per heavy atom. The predicted molar refractivity (Wildman–Crippen MR) is 117 cm³/mol. The summed E-state index contributed by atoms with van der Waals surface area (Å²) in [7, 11) is 2.74. The molecule has 0 aromatic heterocycles. The number of benzene rings is 2. The second-order valence-corrected chi connectivity index (χ2v) is 10.9. The van der Waals surface area contributed by atoms with E-state index >= 15 is 0 Å². The molecule has 0 aliphatic carbocycles. The molecule has 0 N–H and O–H groups in total. The van der Waals surface area contributed by atoms with Gasteiger partial charge in [-0.15, -0.1) is 0 Å². The molecule has 0 atom stereocenters. The van der Waals surface area contributed by atoms with Gasteiger partial charge in [0.1, 0.15) is 0 Å². The van der Waals surface area contributed by atoms with E-state index in [1.165, 1.54) is 61.2 Å². The van der Waals surface area contributed by atoms with E-state index in [-0.39, 0.29) is 5.41 Å². The number of rotatable bonds is 4. The van der Waals surface area contributed by atoms with Gasteiger partial charge in [0, 0.05) is 5.40 Å². The van der Waals surface area contributed by atoms with Crippen molar-refractivity contribution in [3.05, 3.63) is 63.0 Å². The molecule has 0 spiro atoms.